The Kier molecular flexibility index (Phi) is 4.83. The Morgan fingerprint density at radius 2 is 1.80 bits per heavy atom. The van der Waals surface area contributed by atoms with Gasteiger partial charge in [0, 0.05) is 18.5 Å². The van der Waals surface area contributed by atoms with Crippen molar-refractivity contribution in [2.75, 3.05) is 13.1 Å². The quantitative estimate of drug-likeness (QED) is 0.863. The van der Waals surface area contributed by atoms with Gasteiger partial charge in [-0.3, -0.25) is 4.90 Å². The van der Waals surface area contributed by atoms with Crippen LogP contribution < -0.4 is 0 Å². The zero-order valence-electron chi connectivity index (χ0n) is 14.0. The van der Waals surface area contributed by atoms with Gasteiger partial charge in [0.1, 0.15) is 0 Å². The minimum atomic E-state index is -0.429. The third kappa shape index (κ3) is 3.20. The Morgan fingerprint density at radius 3 is 2.35 bits per heavy atom. The molecule has 0 saturated carbocycles. The molecule has 2 rings (SSSR count). The predicted molar refractivity (Wildman–Crippen MR) is 82.9 cm³/mol. The molecule has 0 aromatic heterocycles. The highest BCUT2D eigenvalue weighted by molar-refractivity contribution is 5.02. The minimum Gasteiger partial charge on any atom is -0.390 e. The number of hydrogen-bond donors (Lipinski definition) is 1. The summed E-state index contributed by atoms with van der Waals surface area (Å²) >= 11 is 0. The van der Waals surface area contributed by atoms with Crippen LogP contribution in [0.4, 0.5) is 0 Å². The Balaban J connectivity index is 2.10. The molecule has 3 nitrogen and oxygen atoms in total. The molecule has 2 heterocycles. The maximum atomic E-state index is 10.7. The van der Waals surface area contributed by atoms with E-state index in [9.17, 15) is 5.11 Å². The van der Waals surface area contributed by atoms with Gasteiger partial charge in [0.2, 0.25) is 0 Å². The number of rotatable bonds is 3. The zero-order chi connectivity index (χ0) is 15.0. The van der Waals surface area contributed by atoms with Crippen molar-refractivity contribution in [1.82, 2.24) is 4.90 Å². The summed E-state index contributed by atoms with van der Waals surface area (Å²) in [5.74, 6) is 0.199. The third-order valence-electron chi connectivity index (χ3n) is 5.41. The van der Waals surface area contributed by atoms with E-state index in [0.29, 0.717) is 6.04 Å². The van der Waals surface area contributed by atoms with Crippen LogP contribution in [0.15, 0.2) is 0 Å². The molecule has 0 aromatic rings. The summed E-state index contributed by atoms with van der Waals surface area (Å²) in [6.07, 6.45) is 6.15. The van der Waals surface area contributed by atoms with Crippen molar-refractivity contribution in [2.45, 2.75) is 90.1 Å². The fourth-order valence-corrected chi connectivity index (χ4v) is 4.19. The van der Waals surface area contributed by atoms with Gasteiger partial charge in [-0.2, -0.15) is 0 Å². The average Bonchev–Trinajstić information content (AvgIpc) is 2.53. The second-order valence-corrected chi connectivity index (χ2v) is 7.77. The summed E-state index contributed by atoms with van der Waals surface area (Å²) < 4.78 is 6.13. The first-order chi connectivity index (χ1) is 9.28. The van der Waals surface area contributed by atoms with Crippen LogP contribution in [-0.4, -0.2) is 46.4 Å². The number of likely N-dealkylation sites (tertiary alicyclic amines) is 1. The van der Waals surface area contributed by atoms with Gasteiger partial charge in [-0.05, 0) is 53.5 Å². The van der Waals surface area contributed by atoms with Crippen molar-refractivity contribution in [2.24, 2.45) is 5.92 Å². The largest absolute Gasteiger partial charge is 0.390 e. The minimum absolute atomic E-state index is 0.199. The molecule has 3 heteroatoms. The third-order valence-corrected chi connectivity index (χ3v) is 5.41. The van der Waals surface area contributed by atoms with Crippen LogP contribution in [0.1, 0.15) is 66.7 Å². The van der Waals surface area contributed by atoms with Gasteiger partial charge in [0.05, 0.1) is 17.3 Å². The maximum absolute atomic E-state index is 10.7. The van der Waals surface area contributed by atoms with Gasteiger partial charge in [-0.1, -0.05) is 19.8 Å². The van der Waals surface area contributed by atoms with E-state index in [1.165, 1.54) is 38.6 Å². The molecule has 3 atom stereocenters. The Morgan fingerprint density at radius 1 is 1.10 bits per heavy atom. The van der Waals surface area contributed by atoms with Gasteiger partial charge in [-0.25, -0.2) is 0 Å². The van der Waals surface area contributed by atoms with Gasteiger partial charge < -0.3 is 9.84 Å². The monoisotopic (exact) mass is 283 g/mol. The molecular weight excluding hydrogens is 250 g/mol. The van der Waals surface area contributed by atoms with Crippen molar-refractivity contribution in [3.63, 3.8) is 0 Å². The van der Waals surface area contributed by atoms with E-state index >= 15 is 0 Å². The first kappa shape index (κ1) is 16.3. The van der Waals surface area contributed by atoms with E-state index < -0.39 is 5.60 Å². The summed E-state index contributed by atoms with van der Waals surface area (Å²) in [5, 5.41) is 10.7. The van der Waals surface area contributed by atoms with Crippen molar-refractivity contribution in [1.29, 1.82) is 0 Å². The zero-order valence-corrected chi connectivity index (χ0v) is 14.0. The molecule has 2 saturated heterocycles. The molecule has 0 aromatic carbocycles. The van der Waals surface area contributed by atoms with E-state index in [-0.39, 0.29) is 17.6 Å². The van der Waals surface area contributed by atoms with Gasteiger partial charge in [-0.15, -0.1) is 0 Å². The normalized spacial score (nSPS) is 37.8. The molecule has 2 fully saturated rings. The molecule has 1 N–H and O–H groups in total. The SMILES string of the molecule is CCC1CCCCCN1CC1C(O)C(C)(C)OC1(C)C. The van der Waals surface area contributed by atoms with Crippen molar-refractivity contribution < 1.29 is 9.84 Å². The van der Waals surface area contributed by atoms with Gasteiger partial charge in [0.15, 0.2) is 0 Å². The van der Waals surface area contributed by atoms with Gasteiger partial charge >= 0.3 is 0 Å². The van der Waals surface area contributed by atoms with Crippen LogP contribution in [0.3, 0.4) is 0 Å². The van der Waals surface area contributed by atoms with Crippen LogP contribution in [-0.2, 0) is 4.74 Å². The number of hydrogen-bond acceptors (Lipinski definition) is 3. The molecule has 20 heavy (non-hydrogen) atoms. The molecule has 0 radical (unpaired) electrons. The smallest absolute Gasteiger partial charge is 0.0896 e. The molecule has 0 spiro atoms. The van der Waals surface area contributed by atoms with Crippen LogP contribution in [0.2, 0.25) is 0 Å². The lowest BCUT2D eigenvalue weighted by molar-refractivity contribution is -0.0915. The molecule has 0 aliphatic carbocycles. The second kappa shape index (κ2) is 5.94. The van der Waals surface area contributed by atoms with Crippen molar-refractivity contribution >= 4 is 0 Å². The Hall–Kier alpha value is -0.120. The summed E-state index contributed by atoms with van der Waals surface area (Å²) in [7, 11) is 0. The van der Waals surface area contributed by atoms with E-state index in [0.717, 1.165) is 6.54 Å². The standard InChI is InChI=1S/C17H33NO2/c1-6-13-10-8-7-9-11-18(13)12-14-15(19)17(4,5)20-16(14,2)3/h13-15,19H,6-12H2,1-5H3. The first-order valence-corrected chi connectivity index (χ1v) is 8.40. The molecule has 2 aliphatic rings. The van der Waals surface area contributed by atoms with Gasteiger partial charge in [0.25, 0.3) is 0 Å². The lowest BCUT2D eigenvalue weighted by Gasteiger charge is -2.36. The first-order valence-electron chi connectivity index (χ1n) is 8.40. The lowest BCUT2D eigenvalue weighted by Crippen LogP contribution is -2.46. The van der Waals surface area contributed by atoms with Crippen LogP contribution in [0.5, 0.6) is 0 Å². The highest BCUT2D eigenvalue weighted by Gasteiger charge is 2.53. The molecule has 3 unspecified atom stereocenters. The molecule has 2 aliphatic heterocycles. The highest BCUT2D eigenvalue weighted by Crippen LogP contribution is 2.43. The Bertz CT molecular complexity index is 327. The predicted octanol–water partition coefficient (Wildman–Crippen LogP) is 3.21. The van der Waals surface area contributed by atoms with E-state index in [4.69, 9.17) is 4.74 Å². The Labute approximate surface area is 124 Å². The fraction of sp³-hybridized carbons (Fsp3) is 1.00. The number of aliphatic hydroxyl groups excluding tert-OH is 1. The summed E-state index contributed by atoms with van der Waals surface area (Å²) in [6, 6.07) is 0.684. The van der Waals surface area contributed by atoms with Crippen molar-refractivity contribution in [3.05, 3.63) is 0 Å². The topological polar surface area (TPSA) is 32.7 Å². The number of ether oxygens (including phenoxy) is 1. The molecule has 0 bridgehead atoms. The summed E-state index contributed by atoms with van der Waals surface area (Å²) in [6.45, 7) is 12.7. The van der Waals surface area contributed by atoms with Crippen LogP contribution in [0.25, 0.3) is 0 Å². The fourth-order valence-electron chi connectivity index (χ4n) is 4.19. The van der Waals surface area contributed by atoms with Crippen molar-refractivity contribution in [3.8, 4) is 0 Å². The maximum Gasteiger partial charge on any atom is 0.0896 e. The summed E-state index contributed by atoms with van der Waals surface area (Å²) in [5.41, 5.74) is -0.671. The van der Waals surface area contributed by atoms with E-state index in [1.54, 1.807) is 0 Å². The highest BCUT2D eigenvalue weighted by atomic mass is 16.5. The number of nitrogens with zero attached hydrogens (tertiary/aromatic N) is 1. The second-order valence-electron chi connectivity index (χ2n) is 7.77. The van der Waals surface area contributed by atoms with E-state index in [2.05, 4.69) is 25.7 Å². The molecule has 0 amide bonds. The average molecular weight is 283 g/mol. The van der Waals surface area contributed by atoms with E-state index in [1.807, 2.05) is 13.8 Å². The number of aliphatic hydroxyl groups is 1. The van der Waals surface area contributed by atoms with Crippen LogP contribution in [0, 0.1) is 5.92 Å². The summed E-state index contributed by atoms with van der Waals surface area (Å²) in [4.78, 5) is 2.62. The molecule has 118 valence electrons. The van der Waals surface area contributed by atoms with Crippen LogP contribution >= 0.6 is 0 Å². The molecular formula is C17H33NO2. The lowest BCUT2D eigenvalue weighted by atomic mass is 9.84.